The zero-order valence-corrected chi connectivity index (χ0v) is 17.3. The summed E-state index contributed by atoms with van der Waals surface area (Å²) in [5, 5.41) is 7.49. The third-order valence-electron chi connectivity index (χ3n) is 7.64. The third kappa shape index (κ3) is 2.81. The van der Waals surface area contributed by atoms with Crippen LogP contribution in [0.25, 0.3) is 0 Å². The van der Waals surface area contributed by atoms with E-state index in [1.807, 2.05) is 7.05 Å². The molecule has 3 fully saturated rings. The van der Waals surface area contributed by atoms with Crippen LogP contribution in [0.3, 0.4) is 0 Å². The first kappa shape index (κ1) is 18.3. The van der Waals surface area contributed by atoms with Gasteiger partial charge < -0.3 is 20.1 Å². The number of nitrogens with one attached hydrogen (secondary N) is 2. The van der Waals surface area contributed by atoms with Crippen molar-refractivity contribution in [2.24, 2.45) is 16.3 Å². The molecule has 5 heteroatoms. The lowest BCUT2D eigenvalue weighted by atomic mass is 9.57. The number of hydrogen-bond acceptors (Lipinski definition) is 3. The Morgan fingerprint density at radius 2 is 1.93 bits per heavy atom. The molecule has 152 valence electrons. The Hall–Kier alpha value is -1.75. The largest absolute Gasteiger partial charge is 0.487 e. The standard InChI is InChI=1S/C23H33N3O2/c1-22(2)19(16-10-13-27-20(16)22)26-21(24-3)25-17-14-23(11-6-7-12-23)28-18-9-5-4-8-15(17)18/h4-5,8-9,16-17,19-20H,6-7,10-14H2,1-3H3,(H2,24,25,26). The molecule has 4 aliphatic rings. The molecule has 4 atom stereocenters. The Morgan fingerprint density at radius 1 is 1.14 bits per heavy atom. The fourth-order valence-corrected chi connectivity index (χ4v) is 6.17. The Bertz CT molecular complexity index is 769. The molecule has 5 nitrogen and oxygen atoms in total. The van der Waals surface area contributed by atoms with Crippen molar-refractivity contribution < 1.29 is 9.47 Å². The number of guanidine groups is 1. The van der Waals surface area contributed by atoms with Gasteiger partial charge in [-0.25, -0.2) is 0 Å². The monoisotopic (exact) mass is 383 g/mol. The Morgan fingerprint density at radius 3 is 2.71 bits per heavy atom. The zero-order valence-electron chi connectivity index (χ0n) is 17.3. The zero-order chi connectivity index (χ0) is 19.4. The van der Waals surface area contributed by atoms with Crippen molar-refractivity contribution in [2.45, 2.75) is 76.2 Å². The van der Waals surface area contributed by atoms with Gasteiger partial charge in [-0.1, -0.05) is 32.0 Å². The summed E-state index contributed by atoms with van der Waals surface area (Å²) in [6, 6.07) is 9.13. The molecule has 1 spiro atoms. The van der Waals surface area contributed by atoms with Gasteiger partial charge in [0.2, 0.25) is 0 Å². The maximum atomic E-state index is 6.51. The van der Waals surface area contributed by atoms with E-state index in [2.05, 4.69) is 53.7 Å². The number of para-hydroxylation sites is 1. The molecule has 28 heavy (non-hydrogen) atoms. The lowest BCUT2D eigenvalue weighted by molar-refractivity contribution is -0.107. The molecule has 0 aromatic heterocycles. The average Bonchev–Trinajstić information content (AvgIpc) is 3.33. The molecule has 0 radical (unpaired) electrons. The Balaban J connectivity index is 1.35. The molecule has 0 bridgehead atoms. The molecule has 2 N–H and O–H groups in total. The quantitative estimate of drug-likeness (QED) is 0.602. The van der Waals surface area contributed by atoms with Gasteiger partial charge in [0.1, 0.15) is 11.4 Å². The van der Waals surface area contributed by atoms with Gasteiger partial charge in [-0.2, -0.15) is 0 Å². The summed E-state index contributed by atoms with van der Waals surface area (Å²) in [7, 11) is 1.88. The maximum Gasteiger partial charge on any atom is 0.191 e. The van der Waals surface area contributed by atoms with Gasteiger partial charge in [-0.15, -0.1) is 0 Å². The van der Waals surface area contributed by atoms with Crippen LogP contribution < -0.4 is 15.4 Å². The van der Waals surface area contributed by atoms with Crippen LogP contribution in [-0.2, 0) is 4.74 Å². The van der Waals surface area contributed by atoms with Gasteiger partial charge in [0.15, 0.2) is 5.96 Å². The SMILES string of the molecule is CN=C(NC1CC2(CCCC2)Oc2ccccc21)NC1C2CCOC2C1(C)C. The minimum atomic E-state index is -0.00893. The van der Waals surface area contributed by atoms with Crippen LogP contribution in [0.4, 0.5) is 0 Å². The lowest BCUT2D eigenvalue weighted by Crippen LogP contribution is -2.68. The van der Waals surface area contributed by atoms with Crippen LogP contribution in [0.2, 0.25) is 0 Å². The molecular formula is C23H33N3O2. The van der Waals surface area contributed by atoms with E-state index in [1.54, 1.807) is 0 Å². The molecule has 1 saturated heterocycles. The van der Waals surface area contributed by atoms with Crippen molar-refractivity contribution in [1.29, 1.82) is 0 Å². The van der Waals surface area contributed by atoms with Crippen molar-refractivity contribution in [3.8, 4) is 5.75 Å². The molecule has 0 amide bonds. The van der Waals surface area contributed by atoms with Gasteiger partial charge in [0.05, 0.1) is 12.1 Å². The van der Waals surface area contributed by atoms with E-state index in [4.69, 9.17) is 9.47 Å². The van der Waals surface area contributed by atoms with E-state index in [1.165, 1.54) is 18.4 Å². The van der Waals surface area contributed by atoms with E-state index in [-0.39, 0.29) is 17.1 Å². The molecule has 4 unspecified atom stereocenters. The fourth-order valence-electron chi connectivity index (χ4n) is 6.17. The minimum absolute atomic E-state index is 0.00893. The maximum absolute atomic E-state index is 6.51. The summed E-state index contributed by atoms with van der Waals surface area (Å²) in [6.45, 7) is 5.50. The van der Waals surface area contributed by atoms with Crippen LogP contribution in [-0.4, -0.2) is 37.4 Å². The van der Waals surface area contributed by atoms with Crippen molar-refractivity contribution in [1.82, 2.24) is 10.6 Å². The molecule has 2 heterocycles. The van der Waals surface area contributed by atoms with E-state index < -0.39 is 0 Å². The topological polar surface area (TPSA) is 54.9 Å². The van der Waals surface area contributed by atoms with Crippen LogP contribution in [0.15, 0.2) is 29.3 Å². The van der Waals surface area contributed by atoms with Crippen molar-refractivity contribution in [3.05, 3.63) is 29.8 Å². The first-order valence-corrected chi connectivity index (χ1v) is 10.9. The second-order valence-electron chi connectivity index (χ2n) is 9.69. The van der Waals surface area contributed by atoms with Crippen LogP contribution in [0, 0.1) is 11.3 Å². The predicted octanol–water partition coefficient (Wildman–Crippen LogP) is 3.80. The highest BCUT2D eigenvalue weighted by Gasteiger charge is 2.59. The van der Waals surface area contributed by atoms with Crippen molar-refractivity contribution >= 4 is 5.96 Å². The molecule has 5 rings (SSSR count). The summed E-state index contributed by atoms with van der Waals surface area (Å²) < 4.78 is 12.5. The second-order valence-corrected chi connectivity index (χ2v) is 9.69. The average molecular weight is 384 g/mol. The van der Waals surface area contributed by atoms with Gasteiger partial charge >= 0.3 is 0 Å². The Labute approximate surface area is 168 Å². The van der Waals surface area contributed by atoms with E-state index in [9.17, 15) is 0 Å². The first-order valence-electron chi connectivity index (χ1n) is 10.9. The summed E-state index contributed by atoms with van der Waals surface area (Å²) in [6.07, 6.45) is 7.38. The van der Waals surface area contributed by atoms with E-state index in [0.717, 1.165) is 44.0 Å². The third-order valence-corrected chi connectivity index (χ3v) is 7.64. The molecule has 2 aliphatic heterocycles. The van der Waals surface area contributed by atoms with Crippen molar-refractivity contribution in [3.63, 3.8) is 0 Å². The van der Waals surface area contributed by atoms with Gasteiger partial charge in [-0.05, 0) is 38.2 Å². The highest BCUT2D eigenvalue weighted by atomic mass is 16.5. The van der Waals surface area contributed by atoms with Crippen LogP contribution in [0.5, 0.6) is 5.75 Å². The molecule has 2 aliphatic carbocycles. The van der Waals surface area contributed by atoms with Gasteiger partial charge in [0, 0.05) is 43.0 Å². The summed E-state index contributed by atoms with van der Waals surface area (Å²) in [5.41, 5.74) is 1.38. The molecule has 2 saturated carbocycles. The number of aliphatic imine (C=N–C) groups is 1. The second kappa shape index (κ2) is 6.65. The van der Waals surface area contributed by atoms with E-state index >= 15 is 0 Å². The molecular weight excluding hydrogens is 350 g/mol. The van der Waals surface area contributed by atoms with E-state index in [0.29, 0.717) is 18.1 Å². The highest BCUT2D eigenvalue weighted by molar-refractivity contribution is 5.81. The minimum Gasteiger partial charge on any atom is -0.487 e. The summed E-state index contributed by atoms with van der Waals surface area (Å²) in [5.74, 6) is 2.53. The molecule has 1 aromatic rings. The highest BCUT2D eigenvalue weighted by Crippen LogP contribution is 2.52. The fraction of sp³-hybridized carbons (Fsp3) is 0.696. The first-order chi connectivity index (χ1) is 13.5. The number of hydrogen-bond donors (Lipinski definition) is 2. The number of benzene rings is 1. The summed E-state index contributed by atoms with van der Waals surface area (Å²) in [4.78, 5) is 4.58. The Kier molecular flexibility index (Phi) is 4.34. The summed E-state index contributed by atoms with van der Waals surface area (Å²) >= 11 is 0. The van der Waals surface area contributed by atoms with Crippen molar-refractivity contribution in [2.75, 3.05) is 13.7 Å². The predicted molar refractivity (Wildman–Crippen MR) is 111 cm³/mol. The van der Waals surface area contributed by atoms with Crippen LogP contribution in [0.1, 0.15) is 64.0 Å². The number of ether oxygens (including phenoxy) is 2. The number of fused-ring (bicyclic) bond motifs is 2. The molecule has 1 aromatic carbocycles. The number of rotatable bonds is 2. The van der Waals surface area contributed by atoms with Crippen LogP contribution >= 0.6 is 0 Å². The number of nitrogens with zero attached hydrogens (tertiary/aromatic N) is 1. The lowest BCUT2D eigenvalue weighted by Gasteiger charge is -2.55. The van der Waals surface area contributed by atoms with Gasteiger partial charge in [-0.3, -0.25) is 4.99 Å². The van der Waals surface area contributed by atoms with Gasteiger partial charge in [0.25, 0.3) is 0 Å². The smallest absolute Gasteiger partial charge is 0.191 e. The normalized spacial score (nSPS) is 34.9.